The number of nitrogens with zero attached hydrogens (tertiary/aromatic N) is 2. The molecule has 2 atom stereocenters. The summed E-state index contributed by atoms with van der Waals surface area (Å²) in [6.07, 6.45) is 2.84. The van der Waals surface area contributed by atoms with Crippen LogP contribution in [0.15, 0.2) is 10.9 Å². The fourth-order valence-corrected chi connectivity index (χ4v) is 5.59. The minimum atomic E-state index is -2.99. The van der Waals surface area contributed by atoms with Crippen molar-refractivity contribution in [3.05, 3.63) is 22.1 Å². The lowest BCUT2D eigenvalue weighted by Gasteiger charge is -2.31. The number of aromatic amines is 1. The second-order valence-corrected chi connectivity index (χ2v) is 10.2. The molecular formula is C18H28N4O4S. The van der Waals surface area contributed by atoms with Gasteiger partial charge in [0.05, 0.1) is 23.2 Å². The lowest BCUT2D eigenvalue weighted by atomic mass is 10.00. The molecule has 2 saturated heterocycles. The van der Waals surface area contributed by atoms with Crippen molar-refractivity contribution in [2.75, 3.05) is 29.5 Å². The Morgan fingerprint density at radius 1 is 1.37 bits per heavy atom. The number of hydrogen-bond donors (Lipinski definition) is 2. The smallest absolute Gasteiger partial charge is 0.252 e. The minimum absolute atomic E-state index is 0.0790. The van der Waals surface area contributed by atoms with E-state index in [1.54, 1.807) is 6.92 Å². The van der Waals surface area contributed by atoms with Gasteiger partial charge >= 0.3 is 0 Å². The Labute approximate surface area is 159 Å². The van der Waals surface area contributed by atoms with E-state index in [1.807, 2.05) is 0 Å². The summed E-state index contributed by atoms with van der Waals surface area (Å²) in [5.74, 6) is 1.13. The molecule has 0 unspecified atom stereocenters. The van der Waals surface area contributed by atoms with Crippen LogP contribution in [-0.4, -0.2) is 48.9 Å². The third-order valence-corrected chi connectivity index (χ3v) is 7.29. The van der Waals surface area contributed by atoms with Crippen LogP contribution < -0.4 is 15.8 Å². The molecule has 3 rings (SSSR count). The van der Waals surface area contributed by atoms with Crippen molar-refractivity contribution in [2.24, 2.45) is 11.8 Å². The summed E-state index contributed by atoms with van der Waals surface area (Å²) >= 11 is 0. The van der Waals surface area contributed by atoms with Crippen molar-refractivity contribution in [3.8, 4) is 0 Å². The largest absolute Gasteiger partial charge is 0.348 e. The predicted octanol–water partition coefficient (Wildman–Crippen LogP) is 1.01. The van der Waals surface area contributed by atoms with Crippen LogP contribution in [0, 0.1) is 11.8 Å². The van der Waals surface area contributed by atoms with Gasteiger partial charge in [0, 0.05) is 25.6 Å². The SMILES string of the molecule is CC1CCN(c2nc([C@@H](C)NC(=O)C[C@H]3CCS(=O)(=O)C3)cc(=O)[nH]2)CC1. The van der Waals surface area contributed by atoms with Crippen molar-refractivity contribution >= 4 is 21.7 Å². The molecule has 2 aliphatic rings. The minimum Gasteiger partial charge on any atom is -0.348 e. The number of H-pyrrole nitrogens is 1. The van der Waals surface area contributed by atoms with E-state index < -0.39 is 15.9 Å². The van der Waals surface area contributed by atoms with Crippen LogP contribution in [0.2, 0.25) is 0 Å². The number of anilines is 1. The Balaban J connectivity index is 1.63. The van der Waals surface area contributed by atoms with Crippen LogP contribution in [0.25, 0.3) is 0 Å². The van der Waals surface area contributed by atoms with Crippen LogP contribution in [0.4, 0.5) is 5.95 Å². The Morgan fingerprint density at radius 3 is 2.70 bits per heavy atom. The predicted molar refractivity (Wildman–Crippen MR) is 103 cm³/mol. The van der Waals surface area contributed by atoms with Crippen molar-refractivity contribution in [1.82, 2.24) is 15.3 Å². The van der Waals surface area contributed by atoms with E-state index in [2.05, 4.69) is 27.1 Å². The fraction of sp³-hybridized carbons (Fsp3) is 0.722. The molecule has 150 valence electrons. The molecule has 0 radical (unpaired) electrons. The quantitative estimate of drug-likeness (QED) is 0.768. The van der Waals surface area contributed by atoms with Gasteiger partial charge in [-0.15, -0.1) is 0 Å². The number of piperidine rings is 1. The highest BCUT2D eigenvalue weighted by Gasteiger charge is 2.30. The van der Waals surface area contributed by atoms with Gasteiger partial charge in [0.1, 0.15) is 0 Å². The lowest BCUT2D eigenvalue weighted by molar-refractivity contribution is -0.122. The lowest BCUT2D eigenvalue weighted by Crippen LogP contribution is -2.36. The van der Waals surface area contributed by atoms with Gasteiger partial charge in [-0.2, -0.15) is 0 Å². The molecule has 2 fully saturated rings. The Morgan fingerprint density at radius 2 is 2.07 bits per heavy atom. The summed E-state index contributed by atoms with van der Waals surface area (Å²) < 4.78 is 23.1. The summed E-state index contributed by atoms with van der Waals surface area (Å²) in [5, 5.41) is 2.85. The molecular weight excluding hydrogens is 368 g/mol. The first-order chi connectivity index (χ1) is 12.7. The zero-order valence-corrected chi connectivity index (χ0v) is 16.7. The monoisotopic (exact) mass is 396 g/mol. The van der Waals surface area contributed by atoms with E-state index in [0.717, 1.165) is 25.9 Å². The van der Waals surface area contributed by atoms with E-state index >= 15 is 0 Å². The van der Waals surface area contributed by atoms with Crippen LogP contribution in [0.3, 0.4) is 0 Å². The number of carbonyl (C=O) groups excluding carboxylic acids is 1. The zero-order valence-electron chi connectivity index (χ0n) is 15.9. The summed E-state index contributed by atoms with van der Waals surface area (Å²) in [4.78, 5) is 33.7. The highest BCUT2D eigenvalue weighted by Crippen LogP contribution is 2.23. The van der Waals surface area contributed by atoms with Gasteiger partial charge in [-0.1, -0.05) is 6.92 Å². The van der Waals surface area contributed by atoms with Gasteiger partial charge in [-0.05, 0) is 38.0 Å². The molecule has 0 spiro atoms. The maximum Gasteiger partial charge on any atom is 0.252 e. The van der Waals surface area contributed by atoms with Crippen LogP contribution >= 0.6 is 0 Å². The molecule has 1 amide bonds. The molecule has 1 aromatic heterocycles. The van der Waals surface area contributed by atoms with E-state index in [4.69, 9.17) is 0 Å². The second-order valence-electron chi connectivity index (χ2n) is 7.93. The summed E-state index contributed by atoms with van der Waals surface area (Å²) in [6, 6.07) is 0.987. The van der Waals surface area contributed by atoms with Crippen molar-refractivity contribution in [1.29, 1.82) is 0 Å². The standard InChI is InChI=1S/C18H28N4O4S/c1-12-3-6-22(7-4-12)18-20-15(10-17(24)21-18)13(2)19-16(23)9-14-5-8-27(25,26)11-14/h10,12-14H,3-9,11H2,1-2H3,(H,19,23)(H,20,21,24)/t13-,14-/m1/s1. The van der Waals surface area contributed by atoms with Gasteiger partial charge in [0.25, 0.3) is 5.56 Å². The Kier molecular flexibility index (Phi) is 5.88. The number of rotatable bonds is 5. The van der Waals surface area contributed by atoms with Gasteiger partial charge in [-0.3, -0.25) is 14.6 Å². The number of amides is 1. The first-order valence-corrected chi connectivity index (χ1v) is 11.4. The molecule has 1 aromatic rings. The summed E-state index contributed by atoms with van der Waals surface area (Å²) in [7, 11) is -2.99. The van der Waals surface area contributed by atoms with Crippen molar-refractivity contribution in [3.63, 3.8) is 0 Å². The third kappa shape index (κ3) is 5.31. The Hall–Kier alpha value is -1.90. The van der Waals surface area contributed by atoms with Gasteiger partial charge in [0.2, 0.25) is 11.9 Å². The van der Waals surface area contributed by atoms with Crippen LogP contribution in [0.1, 0.15) is 51.3 Å². The van der Waals surface area contributed by atoms with Crippen LogP contribution in [-0.2, 0) is 14.6 Å². The molecule has 8 nitrogen and oxygen atoms in total. The number of hydrogen-bond acceptors (Lipinski definition) is 6. The summed E-state index contributed by atoms with van der Waals surface area (Å²) in [5.41, 5.74) is 0.274. The molecule has 27 heavy (non-hydrogen) atoms. The molecule has 0 saturated carbocycles. The van der Waals surface area contributed by atoms with E-state index in [-0.39, 0.29) is 35.3 Å². The summed E-state index contributed by atoms with van der Waals surface area (Å²) in [6.45, 7) is 5.71. The molecule has 0 bridgehead atoms. The highest BCUT2D eigenvalue weighted by molar-refractivity contribution is 7.91. The molecule has 0 aliphatic carbocycles. The average Bonchev–Trinajstić information content (AvgIpc) is 2.93. The number of nitrogens with one attached hydrogen (secondary N) is 2. The topological polar surface area (TPSA) is 112 Å². The van der Waals surface area contributed by atoms with Crippen molar-refractivity contribution < 1.29 is 13.2 Å². The maximum absolute atomic E-state index is 12.3. The Bertz CT molecular complexity index is 843. The molecule has 2 aliphatic heterocycles. The van der Waals surface area contributed by atoms with Gasteiger partial charge in [0.15, 0.2) is 9.84 Å². The van der Waals surface area contributed by atoms with E-state index in [1.165, 1.54) is 6.07 Å². The van der Waals surface area contributed by atoms with E-state index in [9.17, 15) is 18.0 Å². The average molecular weight is 397 g/mol. The molecule has 2 N–H and O–H groups in total. The molecule has 0 aromatic carbocycles. The highest BCUT2D eigenvalue weighted by atomic mass is 32.2. The number of carbonyl (C=O) groups is 1. The number of sulfone groups is 1. The normalized spacial score (nSPS) is 23.9. The maximum atomic E-state index is 12.3. The second kappa shape index (κ2) is 8.00. The first kappa shape index (κ1) is 19.9. The van der Waals surface area contributed by atoms with Crippen LogP contribution in [0.5, 0.6) is 0 Å². The van der Waals surface area contributed by atoms with Crippen molar-refractivity contribution in [2.45, 2.75) is 45.6 Å². The molecule has 9 heteroatoms. The van der Waals surface area contributed by atoms with Gasteiger partial charge < -0.3 is 10.2 Å². The van der Waals surface area contributed by atoms with E-state index in [0.29, 0.717) is 24.0 Å². The molecule has 3 heterocycles. The fourth-order valence-electron chi connectivity index (χ4n) is 3.72. The number of aromatic nitrogens is 2. The first-order valence-electron chi connectivity index (χ1n) is 9.58. The van der Waals surface area contributed by atoms with Gasteiger partial charge in [-0.25, -0.2) is 13.4 Å². The zero-order chi connectivity index (χ0) is 19.6. The third-order valence-electron chi connectivity index (χ3n) is 5.45.